The first kappa shape index (κ1) is 32.4. The van der Waals surface area contributed by atoms with Crippen molar-refractivity contribution in [1.29, 1.82) is 0 Å². The van der Waals surface area contributed by atoms with Crippen molar-refractivity contribution < 1.29 is 26.4 Å². The number of rotatable bonds is 24. The van der Waals surface area contributed by atoms with Crippen LogP contribution in [0.15, 0.2) is 0 Å². The first-order valence-corrected chi connectivity index (χ1v) is 13.1. The summed E-state index contributed by atoms with van der Waals surface area (Å²) in [4.78, 5) is 0. The van der Waals surface area contributed by atoms with Crippen molar-refractivity contribution in [2.75, 3.05) is 53.6 Å². The highest BCUT2D eigenvalue weighted by Crippen LogP contribution is 2.13. The van der Waals surface area contributed by atoms with Gasteiger partial charge in [0, 0.05) is 6.61 Å². The highest BCUT2D eigenvalue weighted by atomic mass is 35.5. The molecule has 0 heterocycles. The Kier molecular flexibility index (Phi) is 27.4. The molecule has 30 heavy (non-hydrogen) atoms. The van der Waals surface area contributed by atoms with E-state index in [1.807, 2.05) is 0 Å². The number of ether oxygens (including phenoxy) is 2. The lowest BCUT2D eigenvalue weighted by molar-refractivity contribution is -0.891. The van der Waals surface area contributed by atoms with Crippen LogP contribution in [0.4, 0.5) is 0 Å². The van der Waals surface area contributed by atoms with Crippen molar-refractivity contribution in [3.05, 3.63) is 0 Å². The van der Waals surface area contributed by atoms with Gasteiger partial charge in [-0.15, -0.1) is 0 Å². The second-order valence-corrected chi connectivity index (χ2v) is 9.56. The molecule has 0 radical (unpaired) electrons. The summed E-state index contributed by atoms with van der Waals surface area (Å²) in [6, 6.07) is 0. The monoisotopic (exact) mass is 449 g/mol. The minimum atomic E-state index is 0. The molecule has 0 rings (SSSR count). The van der Waals surface area contributed by atoms with E-state index in [9.17, 15) is 0 Å². The Morgan fingerprint density at radius 1 is 0.433 bits per heavy atom. The van der Waals surface area contributed by atoms with Crippen molar-refractivity contribution >= 4 is 0 Å². The summed E-state index contributed by atoms with van der Waals surface area (Å²) in [6.07, 6.45) is 22.4. The summed E-state index contributed by atoms with van der Waals surface area (Å²) < 4.78 is 12.3. The lowest BCUT2D eigenvalue weighted by atomic mass is 10.0. The maximum absolute atomic E-state index is 5.73. The predicted octanol–water partition coefficient (Wildman–Crippen LogP) is 4.38. The van der Waals surface area contributed by atoms with Crippen molar-refractivity contribution in [2.24, 2.45) is 0 Å². The van der Waals surface area contributed by atoms with Gasteiger partial charge in [-0.3, -0.25) is 0 Å². The highest BCUT2D eigenvalue weighted by Gasteiger charge is 2.13. The van der Waals surface area contributed by atoms with Crippen molar-refractivity contribution in [2.45, 2.75) is 117 Å². The van der Waals surface area contributed by atoms with Gasteiger partial charge < -0.3 is 26.4 Å². The van der Waals surface area contributed by atoms with Gasteiger partial charge >= 0.3 is 0 Å². The zero-order valence-electron chi connectivity index (χ0n) is 21.2. The lowest BCUT2D eigenvalue weighted by Gasteiger charge is -2.29. The molecule has 3 nitrogen and oxygen atoms in total. The molecular formula is C26H56ClNO2. The molecule has 4 heteroatoms. The number of unbranched alkanes of at least 4 members (excludes halogenated alkanes) is 14. The van der Waals surface area contributed by atoms with E-state index in [0.29, 0.717) is 0 Å². The van der Waals surface area contributed by atoms with E-state index in [1.165, 1.54) is 103 Å². The minimum Gasteiger partial charge on any atom is -1.00 e. The second-order valence-electron chi connectivity index (χ2n) is 9.56. The molecule has 0 aliphatic heterocycles. The third kappa shape index (κ3) is 26.2. The van der Waals surface area contributed by atoms with Gasteiger partial charge in [-0.2, -0.15) is 0 Å². The molecule has 0 aromatic heterocycles. The van der Waals surface area contributed by atoms with E-state index >= 15 is 0 Å². The van der Waals surface area contributed by atoms with E-state index in [4.69, 9.17) is 9.47 Å². The number of likely N-dealkylation sites (N-methyl/N-ethyl adjacent to an activating group) is 1. The van der Waals surface area contributed by atoms with Gasteiger partial charge in [0.05, 0.1) is 40.5 Å². The molecule has 0 bridgehead atoms. The third-order valence-corrected chi connectivity index (χ3v) is 5.97. The van der Waals surface area contributed by atoms with Gasteiger partial charge in [-0.1, -0.05) is 97.3 Å². The maximum Gasteiger partial charge on any atom is 0.102 e. The van der Waals surface area contributed by atoms with Crippen LogP contribution in [0.25, 0.3) is 0 Å². The molecular weight excluding hydrogens is 394 g/mol. The molecule has 0 saturated carbocycles. The smallest absolute Gasteiger partial charge is 0.102 e. The fraction of sp³-hybridized carbons (Fsp3) is 1.00. The van der Waals surface area contributed by atoms with Crippen LogP contribution in [0, 0.1) is 0 Å². The Morgan fingerprint density at radius 2 is 0.833 bits per heavy atom. The highest BCUT2D eigenvalue weighted by molar-refractivity contribution is 4.49. The molecule has 0 atom stereocenters. The molecule has 0 aliphatic rings. The average Bonchev–Trinajstić information content (AvgIpc) is 2.70. The fourth-order valence-electron chi connectivity index (χ4n) is 3.73. The number of hydrogen-bond donors (Lipinski definition) is 0. The van der Waals surface area contributed by atoms with Crippen LogP contribution in [0.2, 0.25) is 0 Å². The first-order valence-electron chi connectivity index (χ1n) is 13.1. The summed E-state index contributed by atoms with van der Waals surface area (Å²) in [5, 5.41) is 0. The molecule has 0 spiro atoms. The van der Waals surface area contributed by atoms with Crippen LogP contribution in [0.5, 0.6) is 0 Å². The number of nitrogens with zero attached hydrogens (tertiary/aromatic N) is 1. The minimum absolute atomic E-state index is 0. The van der Waals surface area contributed by atoms with Gasteiger partial charge in [-0.05, 0) is 19.3 Å². The molecule has 0 aromatic carbocycles. The standard InChI is InChI=1S/C26H56NO2.ClH/c1-5-7-9-10-11-12-13-14-15-16-17-18-19-20-21-27(3,4)22-24-29-26-25-28-23-8-6-2;/h5-26H2,1-4H3;1H/q+1;/p-1. The largest absolute Gasteiger partial charge is 1.00 e. The van der Waals surface area contributed by atoms with Crippen LogP contribution in [-0.4, -0.2) is 58.1 Å². The van der Waals surface area contributed by atoms with Crippen LogP contribution in [-0.2, 0) is 9.47 Å². The zero-order chi connectivity index (χ0) is 21.5. The van der Waals surface area contributed by atoms with Crippen molar-refractivity contribution in [3.63, 3.8) is 0 Å². The molecule has 0 fully saturated rings. The Bertz CT molecular complexity index is 313. The van der Waals surface area contributed by atoms with E-state index < -0.39 is 0 Å². The van der Waals surface area contributed by atoms with Gasteiger partial charge in [0.1, 0.15) is 6.54 Å². The molecule has 0 amide bonds. The van der Waals surface area contributed by atoms with Gasteiger partial charge in [0.25, 0.3) is 0 Å². The first-order chi connectivity index (χ1) is 14.1. The number of quaternary nitrogens is 1. The van der Waals surface area contributed by atoms with Crippen LogP contribution in [0.3, 0.4) is 0 Å². The molecule has 0 aliphatic carbocycles. The van der Waals surface area contributed by atoms with E-state index in [1.54, 1.807) is 0 Å². The number of hydrogen-bond acceptors (Lipinski definition) is 2. The van der Waals surface area contributed by atoms with Gasteiger partial charge in [0.2, 0.25) is 0 Å². The van der Waals surface area contributed by atoms with E-state index in [-0.39, 0.29) is 12.4 Å². The van der Waals surface area contributed by atoms with Crippen LogP contribution in [0.1, 0.15) is 117 Å². The molecule has 0 saturated heterocycles. The zero-order valence-corrected chi connectivity index (χ0v) is 22.0. The predicted molar refractivity (Wildman–Crippen MR) is 129 cm³/mol. The van der Waals surface area contributed by atoms with E-state index in [0.717, 1.165) is 43.9 Å². The summed E-state index contributed by atoms with van der Waals surface area (Å²) in [7, 11) is 4.67. The van der Waals surface area contributed by atoms with E-state index in [2.05, 4.69) is 27.9 Å². The van der Waals surface area contributed by atoms with Gasteiger partial charge in [-0.25, -0.2) is 0 Å². The third-order valence-electron chi connectivity index (χ3n) is 5.97. The summed E-state index contributed by atoms with van der Waals surface area (Å²) in [5.41, 5.74) is 0. The summed E-state index contributed by atoms with van der Waals surface area (Å²) in [6.45, 7) is 10.1. The normalized spacial score (nSPS) is 11.6. The number of halogens is 1. The molecule has 0 N–H and O–H groups in total. The maximum atomic E-state index is 5.73. The Morgan fingerprint density at radius 3 is 1.30 bits per heavy atom. The topological polar surface area (TPSA) is 18.5 Å². The summed E-state index contributed by atoms with van der Waals surface area (Å²) >= 11 is 0. The van der Waals surface area contributed by atoms with Crippen molar-refractivity contribution in [3.8, 4) is 0 Å². The Hall–Kier alpha value is 0.170. The molecule has 0 unspecified atom stereocenters. The van der Waals surface area contributed by atoms with Crippen LogP contribution < -0.4 is 12.4 Å². The lowest BCUT2D eigenvalue weighted by Crippen LogP contribution is -3.00. The Balaban J connectivity index is 0. The molecule has 0 aromatic rings. The average molecular weight is 450 g/mol. The SMILES string of the molecule is CCCCCCCCCCCCCCCC[N+](C)(C)CCOCCOCCCC.[Cl-]. The Labute approximate surface area is 196 Å². The summed E-state index contributed by atoms with van der Waals surface area (Å²) in [5.74, 6) is 0. The fourth-order valence-corrected chi connectivity index (χ4v) is 3.73. The van der Waals surface area contributed by atoms with Crippen molar-refractivity contribution in [1.82, 2.24) is 0 Å². The quantitative estimate of drug-likeness (QED) is 0.161. The second kappa shape index (κ2) is 25.4. The van der Waals surface area contributed by atoms with Gasteiger partial charge in [0.15, 0.2) is 0 Å². The van der Waals surface area contributed by atoms with Crippen LogP contribution >= 0.6 is 0 Å². The molecule has 184 valence electrons.